The summed E-state index contributed by atoms with van der Waals surface area (Å²) in [6, 6.07) is 6.22. The number of nitrogens with one attached hydrogen (secondary N) is 1. The first kappa shape index (κ1) is 14.0. The fourth-order valence-electron chi connectivity index (χ4n) is 2.56. The number of carboxylic acid groups (broad SMARTS) is 1. The molecular formula is C14H16N2O4. The third-order valence-electron chi connectivity index (χ3n) is 3.79. The van der Waals surface area contributed by atoms with E-state index < -0.39 is 29.1 Å². The topological polar surface area (TPSA) is 109 Å². The fourth-order valence-corrected chi connectivity index (χ4v) is 2.56. The van der Waals surface area contributed by atoms with Crippen molar-refractivity contribution in [2.45, 2.75) is 13.8 Å². The van der Waals surface area contributed by atoms with Gasteiger partial charge in [0.05, 0.1) is 11.8 Å². The van der Waals surface area contributed by atoms with Crippen LogP contribution in [0.15, 0.2) is 24.3 Å². The molecule has 0 aromatic heterocycles. The van der Waals surface area contributed by atoms with Crippen molar-refractivity contribution in [2.75, 3.05) is 5.32 Å². The van der Waals surface area contributed by atoms with Gasteiger partial charge in [0.1, 0.15) is 0 Å². The smallest absolute Gasteiger partial charge is 0.307 e. The van der Waals surface area contributed by atoms with Gasteiger partial charge in [-0.25, -0.2) is 0 Å². The quantitative estimate of drug-likeness (QED) is 0.764. The van der Waals surface area contributed by atoms with Gasteiger partial charge in [-0.3, -0.25) is 14.4 Å². The van der Waals surface area contributed by atoms with Crippen molar-refractivity contribution < 1.29 is 19.5 Å². The molecule has 1 aliphatic carbocycles. The maximum Gasteiger partial charge on any atom is 0.307 e. The highest BCUT2D eigenvalue weighted by Gasteiger charge is 2.65. The maximum atomic E-state index is 12.1. The number of hydrogen-bond acceptors (Lipinski definition) is 3. The molecule has 6 nitrogen and oxygen atoms in total. The van der Waals surface area contributed by atoms with Crippen LogP contribution in [0, 0.1) is 17.3 Å². The van der Waals surface area contributed by atoms with E-state index in [2.05, 4.69) is 5.32 Å². The molecule has 2 rings (SSSR count). The van der Waals surface area contributed by atoms with Crippen molar-refractivity contribution in [2.24, 2.45) is 23.0 Å². The van der Waals surface area contributed by atoms with Crippen molar-refractivity contribution in [3.63, 3.8) is 0 Å². The zero-order chi connectivity index (χ0) is 15.1. The summed E-state index contributed by atoms with van der Waals surface area (Å²) in [4.78, 5) is 34.2. The summed E-state index contributed by atoms with van der Waals surface area (Å²) in [5.74, 6) is -3.17. The molecule has 0 bridgehead atoms. The van der Waals surface area contributed by atoms with E-state index in [1.54, 1.807) is 32.0 Å². The van der Waals surface area contributed by atoms with E-state index in [0.717, 1.165) is 0 Å². The van der Waals surface area contributed by atoms with Crippen molar-refractivity contribution in [1.29, 1.82) is 0 Å². The van der Waals surface area contributed by atoms with Crippen molar-refractivity contribution in [3.8, 4) is 0 Å². The Morgan fingerprint density at radius 1 is 1.25 bits per heavy atom. The number of benzene rings is 1. The van der Waals surface area contributed by atoms with Crippen molar-refractivity contribution in [3.05, 3.63) is 29.8 Å². The van der Waals surface area contributed by atoms with Gasteiger partial charge in [-0.2, -0.15) is 0 Å². The summed E-state index contributed by atoms with van der Waals surface area (Å²) in [5.41, 5.74) is 5.32. The van der Waals surface area contributed by atoms with Crippen LogP contribution in [0.1, 0.15) is 24.2 Å². The molecule has 0 radical (unpaired) electrons. The Morgan fingerprint density at radius 2 is 1.90 bits per heavy atom. The molecule has 0 heterocycles. The molecule has 0 saturated heterocycles. The Labute approximate surface area is 116 Å². The number of rotatable bonds is 4. The lowest BCUT2D eigenvalue weighted by molar-refractivity contribution is -0.140. The number of carbonyl (C=O) groups is 3. The summed E-state index contributed by atoms with van der Waals surface area (Å²) in [6.07, 6.45) is 0. The van der Waals surface area contributed by atoms with E-state index in [4.69, 9.17) is 10.8 Å². The van der Waals surface area contributed by atoms with Crippen LogP contribution in [0.3, 0.4) is 0 Å². The van der Waals surface area contributed by atoms with Gasteiger partial charge in [0.25, 0.3) is 0 Å². The number of carboxylic acids is 1. The number of hydrogen-bond donors (Lipinski definition) is 3. The molecule has 6 heteroatoms. The van der Waals surface area contributed by atoms with E-state index in [-0.39, 0.29) is 11.5 Å². The summed E-state index contributed by atoms with van der Waals surface area (Å²) < 4.78 is 0. The highest BCUT2D eigenvalue weighted by atomic mass is 16.4. The number of carbonyl (C=O) groups excluding carboxylic acids is 2. The third-order valence-corrected chi connectivity index (χ3v) is 3.79. The SMILES string of the molecule is CC1(C)[C@H](C(=O)Nc2cccc(C(N)=O)c2)[C@@H]1C(=O)O. The van der Waals surface area contributed by atoms with E-state index in [1.165, 1.54) is 6.07 Å². The number of nitrogens with two attached hydrogens (primary N) is 1. The molecule has 0 spiro atoms. The summed E-state index contributed by atoms with van der Waals surface area (Å²) in [6.45, 7) is 3.49. The molecule has 20 heavy (non-hydrogen) atoms. The van der Waals surface area contributed by atoms with Crippen LogP contribution in [0.4, 0.5) is 5.69 Å². The van der Waals surface area contributed by atoms with Gasteiger partial charge in [-0.05, 0) is 23.6 Å². The highest BCUT2D eigenvalue weighted by molar-refractivity contribution is 6.01. The predicted molar refractivity (Wildman–Crippen MR) is 72.0 cm³/mol. The van der Waals surface area contributed by atoms with Gasteiger partial charge in [0.2, 0.25) is 11.8 Å². The number of anilines is 1. The molecule has 1 aliphatic rings. The lowest BCUT2D eigenvalue weighted by Crippen LogP contribution is -2.18. The van der Waals surface area contributed by atoms with E-state index >= 15 is 0 Å². The lowest BCUT2D eigenvalue weighted by Gasteiger charge is -2.07. The first-order chi connectivity index (χ1) is 9.25. The second kappa shape index (κ2) is 4.63. The third kappa shape index (κ3) is 2.36. The molecule has 4 N–H and O–H groups in total. The van der Waals surface area contributed by atoms with Crippen molar-refractivity contribution >= 4 is 23.5 Å². The molecule has 1 aromatic rings. The predicted octanol–water partition coefficient (Wildman–Crippen LogP) is 1.08. The maximum absolute atomic E-state index is 12.1. The zero-order valence-corrected chi connectivity index (χ0v) is 11.2. The number of aliphatic carboxylic acids is 1. The van der Waals surface area contributed by atoms with Crippen LogP contribution in [0.25, 0.3) is 0 Å². The Bertz CT molecular complexity index is 595. The first-order valence-corrected chi connectivity index (χ1v) is 6.18. The van der Waals surface area contributed by atoms with Gasteiger partial charge in [-0.1, -0.05) is 19.9 Å². The fraction of sp³-hybridized carbons (Fsp3) is 0.357. The molecule has 0 aliphatic heterocycles. The lowest BCUT2D eigenvalue weighted by atomic mass is 10.1. The summed E-state index contributed by atoms with van der Waals surface area (Å²) in [7, 11) is 0. The Kier molecular flexibility index (Phi) is 3.25. The summed E-state index contributed by atoms with van der Waals surface area (Å²) >= 11 is 0. The van der Waals surface area contributed by atoms with Gasteiger partial charge < -0.3 is 16.2 Å². The minimum absolute atomic E-state index is 0.285. The standard InChI is InChI=1S/C14H16N2O4/c1-14(2)9(10(14)13(19)20)12(18)16-8-5-3-4-7(6-8)11(15)17/h3-6,9-10H,1-2H3,(H2,15,17)(H,16,18)(H,19,20)/t9-,10+/m0/s1. The Hall–Kier alpha value is -2.37. The van der Waals surface area contributed by atoms with Crippen LogP contribution >= 0.6 is 0 Å². The van der Waals surface area contributed by atoms with E-state index in [0.29, 0.717) is 5.69 Å². The van der Waals surface area contributed by atoms with Gasteiger partial charge in [0.15, 0.2) is 0 Å². The molecule has 1 aromatic carbocycles. The second-order valence-electron chi connectivity index (χ2n) is 5.55. The average Bonchev–Trinajstić information content (AvgIpc) is 2.93. The van der Waals surface area contributed by atoms with Gasteiger partial charge >= 0.3 is 5.97 Å². The minimum Gasteiger partial charge on any atom is -0.481 e. The monoisotopic (exact) mass is 276 g/mol. The molecule has 1 fully saturated rings. The Balaban J connectivity index is 2.12. The first-order valence-electron chi connectivity index (χ1n) is 6.18. The largest absolute Gasteiger partial charge is 0.481 e. The number of primary amides is 1. The molecular weight excluding hydrogens is 260 g/mol. The van der Waals surface area contributed by atoms with Crippen molar-refractivity contribution in [1.82, 2.24) is 0 Å². The molecule has 106 valence electrons. The number of amides is 2. The van der Waals surface area contributed by atoms with Crippen LogP contribution in [0.2, 0.25) is 0 Å². The normalized spacial score (nSPS) is 22.9. The highest BCUT2D eigenvalue weighted by Crippen LogP contribution is 2.58. The van der Waals surface area contributed by atoms with Gasteiger partial charge in [0, 0.05) is 11.3 Å². The second-order valence-corrected chi connectivity index (χ2v) is 5.55. The van der Waals surface area contributed by atoms with E-state index in [9.17, 15) is 14.4 Å². The van der Waals surface area contributed by atoms with E-state index in [1.807, 2.05) is 0 Å². The average molecular weight is 276 g/mol. The molecule has 0 unspecified atom stereocenters. The van der Waals surface area contributed by atoms with Gasteiger partial charge in [-0.15, -0.1) is 0 Å². The molecule has 2 atom stereocenters. The Morgan fingerprint density at radius 3 is 2.40 bits per heavy atom. The van der Waals surface area contributed by atoms with Crippen LogP contribution in [-0.4, -0.2) is 22.9 Å². The van der Waals surface area contributed by atoms with Crippen LogP contribution in [-0.2, 0) is 9.59 Å². The van der Waals surface area contributed by atoms with Crippen LogP contribution < -0.4 is 11.1 Å². The minimum atomic E-state index is -0.971. The summed E-state index contributed by atoms with van der Waals surface area (Å²) in [5, 5.41) is 11.7. The molecule has 2 amide bonds. The zero-order valence-electron chi connectivity index (χ0n) is 11.2. The van der Waals surface area contributed by atoms with Crippen LogP contribution in [0.5, 0.6) is 0 Å². The molecule has 1 saturated carbocycles.